The molecule has 0 saturated carbocycles. The summed E-state index contributed by atoms with van der Waals surface area (Å²) >= 11 is 3.16. The number of halogens is 1. The fraction of sp³-hybridized carbons (Fsp3) is 0.364. The lowest BCUT2D eigenvalue weighted by atomic mass is 10.2. The lowest BCUT2D eigenvalue weighted by Gasteiger charge is -2.17. The van der Waals surface area contributed by atoms with Crippen molar-refractivity contribution < 1.29 is 17.9 Å². The molecule has 106 valence electrons. The molecule has 1 aromatic rings. The molecular weight excluding hydrogens is 336 g/mol. The van der Waals surface area contributed by atoms with Gasteiger partial charge in [0.1, 0.15) is 0 Å². The summed E-state index contributed by atoms with van der Waals surface area (Å²) in [7, 11) is -0.701. The van der Waals surface area contributed by atoms with Crippen LogP contribution in [-0.4, -0.2) is 46.5 Å². The van der Waals surface area contributed by atoms with Gasteiger partial charge in [-0.25, -0.2) is 13.6 Å². The first-order valence-corrected chi connectivity index (χ1v) is 7.67. The number of nitrogens with zero attached hydrogens (tertiary/aromatic N) is 1. The molecule has 1 aromatic carbocycles. The molecule has 8 heteroatoms. The summed E-state index contributed by atoms with van der Waals surface area (Å²) < 4.78 is 28.0. The first-order valence-electron chi connectivity index (χ1n) is 5.33. The van der Waals surface area contributed by atoms with E-state index in [0.717, 1.165) is 0 Å². The number of primary sulfonamides is 1. The summed E-state index contributed by atoms with van der Waals surface area (Å²) in [5, 5.41) is 5.06. The first kappa shape index (κ1) is 16.1. The van der Waals surface area contributed by atoms with E-state index in [0.29, 0.717) is 17.6 Å². The van der Waals surface area contributed by atoms with Crippen LogP contribution in [0.2, 0.25) is 0 Å². The minimum absolute atomic E-state index is 0.106. The number of hydrogen-bond acceptors (Lipinski definition) is 4. The second kappa shape index (κ2) is 6.47. The van der Waals surface area contributed by atoms with Gasteiger partial charge in [-0.1, -0.05) is 15.9 Å². The fourth-order valence-corrected chi connectivity index (χ4v) is 2.63. The average Bonchev–Trinajstić information content (AvgIpc) is 2.33. The van der Waals surface area contributed by atoms with Crippen molar-refractivity contribution in [1.82, 2.24) is 4.90 Å². The van der Waals surface area contributed by atoms with Gasteiger partial charge in [-0.2, -0.15) is 0 Å². The molecule has 0 aromatic heterocycles. The van der Waals surface area contributed by atoms with Gasteiger partial charge < -0.3 is 9.64 Å². The number of carbonyl (C=O) groups excluding carboxylic acids is 1. The summed E-state index contributed by atoms with van der Waals surface area (Å²) in [6.07, 6.45) is 0. The van der Waals surface area contributed by atoms with Gasteiger partial charge in [-0.3, -0.25) is 4.79 Å². The number of hydrogen-bond donors (Lipinski definition) is 1. The summed E-state index contributed by atoms with van der Waals surface area (Å²) in [4.78, 5) is 13.4. The van der Waals surface area contributed by atoms with Crippen molar-refractivity contribution in [2.24, 2.45) is 5.14 Å². The van der Waals surface area contributed by atoms with Gasteiger partial charge in [-0.15, -0.1) is 0 Å². The number of amides is 1. The van der Waals surface area contributed by atoms with Gasteiger partial charge >= 0.3 is 0 Å². The first-order chi connectivity index (χ1) is 8.75. The maximum Gasteiger partial charge on any atom is 0.253 e. The molecule has 19 heavy (non-hydrogen) atoms. The zero-order chi connectivity index (χ0) is 14.6. The number of nitrogens with two attached hydrogens (primary N) is 1. The molecule has 0 aliphatic heterocycles. The Bertz CT molecular complexity index is 574. The Morgan fingerprint density at radius 2 is 2.05 bits per heavy atom. The number of benzene rings is 1. The molecule has 1 rings (SSSR count). The highest BCUT2D eigenvalue weighted by Gasteiger charge is 2.16. The smallest absolute Gasteiger partial charge is 0.253 e. The summed E-state index contributed by atoms with van der Waals surface area (Å²) in [6.45, 7) is 0.810. The lowest BCUT2D eigenvalue weighted by Crippen LogP contribution is -2.30. The van der Waals surface area contributed by atoms with Crippen LogP contribution in [0.1, 0.15) is 10.4 Å². The Balaban J connectivity index is 3.07. The molecule has 1 amide bonds. The Morgan fingerprint density at radius 3 is 2.58 bits per heavy atom. The number of carbonyl (C=O) groups is 1. The Kier molecular flexibility index (Phi) is 5.48. The average molecular weight is 351 g/mol. The van der Waals surface area contributed by atoms with Gasteiger partial charge in [-0.05, 0) is 18.2 Å². The van der Waals surface area contributed by atoms with Crippen molar-refractivity contribution in [1.29, 1.82) is 0 Å². The fourth-order valence-electron chi connectivity index (χ4n) is 1.40. The molecule has 2 N–H and O–H groups in total. The molecule has 0 aliphatic rings. The number of sulfonamides is 1. The third kappa shape index (κ3) is 4.57. The van der Waals surface area contributed by atoms with Crippen molar-refractivity contribution in [3.8, 4) is 0 Å². The van der Waals surface area contributed by atoms with Crippen LogP contribution in [0.4, 0.5) is 0 Å². The molecular formula is C11H15BrN2O4S. The SMILES string of the molecule is COCCN(C)C(=O)c1cc(Br)cc(S(N)(=O)=O)c1. The van der Waals surface area contributed by atoms with Gasteiger partial charge in [0.05, 0.1) is 11.5 Å². The highest BCUT2D eigenvalue weighted by molar-refractivity contribution is 9.10. The van der Waals surface area contributed by atoms with Crippen LogP contribution in [0.5, 0.6) is 0 Å². The lowest BCUT2D eigenvalue weighted by molar-refractivity contribution is 0.0744. The van der Waals surface area contributed by atoms with E-state index in [1.165, 1.54) is 24.1 Å². The van der Waals surface area contributed by atoms with E-state index in [4.69, 9.17) is 9.88 Å². The zero-order valence-corrected chi connectivity index (χ0v) is 13.0. The van der Waals surface area contributed by atoms with Crippen molar-refractivity contribution in [3.63, 3.8) is 0 Å². The molecule has 6 nitrogen and oxygen atoms in total. The number of likely N-dealkylation sites (N-methyl/N-ethyl adjacent to an activating group) is 1. The van der Waals surface area contributed by atoms with Crippen LogP contribution in [-0.2, 0) is 14.8 Å². The zero-order valence-electron chi connectivity index (χ0n) is 10.6. The molecule has 0 spiro atoms. The van der Waals surface area contributed by atoms with Crippen molar-refractivity contribution in [2.45, 2.75) is 4.90 Å². The Labute approximate surface area is 120 Å². The molecule has 0 bridgehead atoms. The minimum atomic E-state index is -3.85. The van der Waals surface area contributed by atoms with E-state index in [9.17, 15) is 13.2 Å². The van der Waals surface area contributed by atoms with Crippen molar-refractivity contribution in [2.75, 3.05) is 27.3 Å². The number of methoxy groups -OCH3 is 1. The van der Waals surface area contributed by atoms with Crippen LogP contribution in [0, 0.1) is 0 Å². The monoisotopic (exact) mass is 350 g/mol. The molecule has 0 unspecified atom stereocenters. The van der Waals surface area contributed by atoms with Crippen molar-refractivity contribution in [3.05, 3.63) is 28.2 Å². The van der Waals surface area contributed by atoms with Crippen LogP contribution < -0.4 is 5.14 Å². The molecule has 0 heterocycles. The predicted octanol–water partition coefficient (Wildman–Crippen LogP) is 0.815. The van der Waals surface area contributed by atoms with Crippen LogP contribution in [0.3, 0.4) is 0 Å². The normalized spacial score (nSPS) is 11.4. The van der Waals surface area contributed by atoms with E-state index in [-0.39, 0.29) is 16.4 Å². The van der Waals surface area contributed by atoms with Gasteiger partial charge in [0, 0.05) is 30.7 Å². The standard InChI is InChI=1S/C11H15BrN2O4S/c1-14(3-4-18-2)11(15)8-5-9(12)7-10(6-8)19(13,16)17/h5-7H,3-4H2,1-2H3,(H2,13,16,17). The largest absolute Gasteiger partial charge is 0.383 e. The Morgan fingerprint density at radius 1 is 1.42 bits per heavy atom. The number of rotatable bonds is 5. The van der Waals surface area contributed by atoms with E-state index in [1.807, 2.05) is 0 Å². The summed E-state index contributed by atoms with van der Waals surface area (Å²) in [5.74, 6) is -0.303. The summed E-state index contributed by atoms with van der Waals surface area (Å²) in [6, 6.07) is 4.15. The second-order valence-electron chi connectivity index (χ2n) is 3.94. The van der Waals surface area contributed by atoms with Crippen LogP contribution in [0.25, 0.3) is 0 Å². The van der Waals surface area contributed by atoms with Gasteiger partial charge in [0.25, 0.3) is 5.91 Å². The minimum Gasteiger partial charge on any atom is -0.383 e. The third-order valence-corrected chi connectivity index (χ3v) is 3.77. The van der Waals surface area contributed by atoms with Crippen LogP contribution in [0.15, 0.2) is 27.6 Å². The highest BCUT2D eigenvalue weighted by atomic mass is 79.9. The predicted molar refractivity (Wildman–Crippen MR) is 74.4 cm³/mol. The topological polar surface area (TPSA) is 89.7 Å². The molecule has 0 saturated heterocycles. The Hall–Kier alpha value is -0.960. The highest BCUT2D eigenvalue weighted by Crippen LogP contribution is 2.19. The van der Waals surface area contributed by atoms with E-state index < -0.39 is 10.0 Å². The maximum atomic E-state index is 12.1. The van der Waals surface area contributed by atoms with E-state index >= 15 is 0 Å². The molecule has 0 radical (unpaired) electrons. The third-order valence-electron chi connectivity index (χ3n) is 2.42. The quantitative estimate of drug-likeness (QED) is 0.850. The van der Waals surface area contributed by atoms with Gasteiger partial charge in [0.15, 0.2) is 0 Å². The van der Waals surface area contributed by atoms with Crippen LogP contribution >= 0.6 is 15.9 Å². The maximum absolute atomic E-state index is 12.1. The van der Waals surface area contributed by atoms with Crippen molar-refractivity contribution >= 4 is 31.9 Å². The van der Waals surface area contributed by atoms with Gasteiger partial charge in [0.2, 0.25) is 10.0 Å². The van der Waals surface area contributed by atoms with E-state index in [1.54, 1.807) is 13.1 Å². The molecule has 0 fully saturated rings. The summed E-state index contributed by atoms with van der Waals surface area (Å²) in [5.41, 5.74) is 0.247. The van der Waals surface area contributed by atoms with E-state index in [2.05, 4.69) is 15.9 Å². The number of ether oxygens (including phenoxy) is 1. The molecule has 0 aliphatic carbocycles. The second-order valence-corrected chi connectivity index (χ2v) is 6.42. The molecule has 0 atom stereocenters.